The van der Waals surface area contributed by atoms with Gasteiger partial charge < -0.3 is 15.8 Å². The fraction of sp³-hybridized carbons (Fsp3) is 0.615. The maximum absolute atomic E-state index is 11.8. The molecule has 0 spiro atoms. The molecule has 1 unspecified atom stereocenters. The number of aromatic nitrogens is 2. The first kappa shape index (κ1) is 16.2. The Morgan fingerprint density at radius 3 is 2.95 bits per heavy atom. The highest BCUT2D eigenvalue weighted by molar-refractivity contribution is 5.75. The van der Waals surface area contributed by atoms with Crippen molar-refractivity contribution in [3.63, 3.8) is 0 Å². The number of rotatable bonds is 8. The summed E-state index contributed by atoms with van der Waals surface area (Å²) in [7, 11) is 0. The van der Waals surface area contributed by atoms with Crippen LogP contribution in [0.25, 0.3) is 0 Å². The van der Waals surface area contributed by atoms with E-state index in [0.717, 1.165) is 17.5 Å². The van der Waals surface area contributed by atoms with Crippen LogP contribution in [0.3, 0.4) is 0 Å². The van der Waals surface area contributed by atoms with Crippen LogP contribution in [0.1, 0.15) is 26.7 Å². The van der Waals surface area contributed by atoms with E-state index in [1.165, 1.54) is 12.3 Å². The molecule has 0 saturated heterocycles. The molecule has 0 aliphatic rings. The summed E-state index contributed by atoms with van der Waals surface area (Å²) in [4.78, 5) is 23.3. The van der Waals surface area contributed by atoms with Crippen molar-refractivity contribution in [3.8, 4) is 5.75 Å². The molecule has 112 valence electrons. The molecule has 0 fully saturated rings. The molecular weight excluding hydrogens is 260 g/mol. The molecule has 0 aliphatic carbocycles. The highest BCUT2D eigenvalue weighted by Crippen LogP contribution is 2.03. The van der Waals surface area contributed by atoms with Gasteiger partial charge in [-0.3, -0.25) is 9.59 Å². The van der Waals surface area contributed by atoms with Crippen LogP contribution in [0.15, 0.2) is 17.1 Å². The van der Waals surface area contributed by atoms with Crippen molar-refractivity contribution in [2.75, 3.05) is 13.2 Å². The standard InChI is InChI=1S/C13H22N4O3/c1-3-4-5-15-12(18)8-17-13(19)6-11(7-16-17)20-9-10(2)14/h6-7,10H,3-5,8-9,14H2,1-2H3,(H,15,18). The third-order valence-corrected chi connectivity index (χ3v) is 2.50. The van der Waals surface area contributed by atoms with Gasteiger partial charge in [-0.15, -0.1) is 0 Å². The summed E-state index contributed by atoms with van der Waals surface area (Å²) >= 11 is 0. The maximum Gasteiger partial charge on any atom is 0.270 e. The van der Waals surface area contributed by atoms with Crippen LogP contribution in [0.4, 0.5) is 0 Å². The van der Waals surface area contributed by atoms with Gasteiger partial charge in [-0.05, 0) is 13.3 Å². The Hall–Kier alpha value is -1.89. The number of carbonyl (C=O) groups excluding carboxylic acids is 1. The molecule has 0 aromatic carbocycles. The predicted molar refractivity (Wildman–Crippen MR) is 75.6 cm³/mol. The Bertz CT molecular complexity index is 485. The number of nitrogens with zero attached hydrogens (tertiary/aromatic N) is 2. The fourth-order valence-electron chi connectivity index (χ4n) is 1.44. The summed E-state index contributed by atoms with van der Waals surface area (Å²) in [6.45, 7) is 4.67. The van der Waals surface area contributed by atoms with Crippen molar-refractivity contribution in [1.29, 1.82) is 0 Å². The summed E-state index contributed by atoms with van der Waals surface area (Å²) in [5.74, 6) is 0.132. The molecule has 1 amide bonds. The summed E-state index contributed by atoms with van der Waals surface area (Å²) in [5.41, 5.74) is 5.17. The Kier molecular flexibility index (Phi) is 6.72. The lowest BCUT2D eigenvalue weighted by Gasteiger charge is -2.09. The number of ether oxygens (including phenoxy) is 1. The average molecular weight is 282 g/mol. The molecule has 3 N–H and O–H groups in total. The lowest BCUT2D eigenvalue weighted by Crippen LogP contribution is -2.34. The molecular formula is C13H22N4O3. The number of amides is 1. The third kappa shape index (κ3) is 5.83. The minimum atomic E-state index is -0.377. The molecule has 1 rings (SSSR count). The SMILES string of the molecule is CCCCNC(=O)Cn1ncc(OCC(C)N)cc1=O. The van der Waals surface area contributed by atoms with Crippen molar-refractivity contribution < 1.29 is 9.53 Å². The number of nitrogens with one attached hydrogen (secondary N) is 1. The Morgan fingerprint density at radius 1 is 1.60 bits per heavy atom. The zero-order valence-corrected chi connectivity index (χ0v) is 12.0. The number of nitrogens with two attached hydrogens (primary N) is 1. The normalized spacial score (nSPS) is 11.9. The van der Waals surface area contributed by atoms with Gasteiger partial charge in [0.1, 0.15) is 18.9 Å². The van der Waals surface area contributed by atoms with Gasteiger partial charge in [-0.1, -0.05) is 13.3 Å². The van der Waals surface area contributed by atoms with Crippen LogP contribution in [0, 0.1) is 0 Å². The Labute approximate surface area is 118 Å². The quantitative estimate of drug-likeness (QED) is 0.648. The topological polar surface area (TPSA) is 99.2 Å². The van der Waals surface area contributed by atoms with Crippen molar-refractivity contribution in [2.45, 2.75) is 39.3 Å². The summed E-state index contributed by atoms with van der Waals surface area (Å²) < 4.78 is 6.38. The number of hydrogen-bond acceptors (Lipinski definition) is 5. The van der Waals surface area contributed by atoms with Gasteiger partial charge in [0.15, 0.2) is 0 Å². The maximum atomic E-state index is 11.8. The number of unbranched alkanes of at least 4 members (excludes halogenated alkanes) is 1. The van der Waals surface area contributed by atoms with Crippen LogP contribution in [0.5, 0.6) is 5.75 Å². The van der Waals surface area contributed by atoms with Crippen LogP contribution in [-0.2, 0) is 11.3 Å². The second kappa shape index (κ2) is 8.31. The van der Waals surface area contributed by atoms with E-state index in [0.29, 0.717) is 18.9 Å². The van der Waals surface area contributed by atoms with E-state index in [4.69, 9.17) is 10.5 Å². The molecule has 1 aromatic rings. The highest BCUT2D eigenvalue weighted by Gasteiger charge is 2.06. The van der Waals surface area contributed by atoms with Gasteiger partial charge in [-0.25, -0.2) is 4.68 Å². The smallest absolute Gasteiger partial charge is 0.270 e. The Morgan fingerprint density at radius 2 is 2.35 bits per heavy atom. The van der Waals surface area contributed by atoms with Crippen molar-refractivity contribution >= 4 is 5.91 Å². The van der Waals surface area contributed by atoms with Gasteiger partial charge in [0, 0.05) is 18.7 Å². The lowest BCUT2D eigenvalue weighted by atomic mass is 10.3. The average Bonchev–Trinajstić information content (AvgIpc) is 2.39. The molecule has 0 saturated carbocycles. The molecule has 0 aliphatic heterocycles. The van der Waals surface area contributed by atoms with E-state index >= 15 is 0 Å². The third-order valence-electron chi connectivity index (χ3n) is 2.50. The van der Waals surface area contributed by atoms with E-state index in [9.17, 15) is 9.59 Å². The van der Waals surface area contributed by atoms with Gasteiger partial charge in [-0.2, -0.15) is 5.10 Å². The van der Waals surface area contributed by atoms with Crippen LogP contribution < -0.4 is 21.3 Å². The first-order chi connectivity index (χ1) is 9.52. The molecule has 1 atom stereocenters. The number of hydrogen-bond donors (Lipinski definition) is 2. The summed E-state index contributed by atoms with van der Waals surface area (Å²) in [6, 6.07) is 1.18. The molecule has 7 heteroatoms. The van der Waals surface area contributed by atoms with Gasteiger partial charge in [0.25, 0.3) is 5.56 Å². The van der Waals surface area contributed by atoms with Crippen molar-refractivity contribution in [2.24, 2.45) is 5.73 Å². The van der Waals surface area contributed by atoms with Crippen molar-refractivity contribution in [1.82, 2.24) is 15.1 Å². The predicted octanol–water partition coefficient (Wildman–Crippen LogP) is -0.114. The van der Waals surface area contributed by atoms with Gasteiger partial charge in [0.05, 0.1) is 6.20 Å². The van der Waals surface area contributed by atoms with Gasteiger partial charge >= 0.3 is 0 Å². The van der Waals surface area contributed by atoms with E-state index < -0.39 is 0 Å². The zero-order valence-electron chi connectivity index (χ0n) is 12.0. The van der Waals surface area contributed by atoms with E-state index in [-0.39, 0.29) is 24.1 Å². The second-order valence-electron chi connectivity index (χ2n) is 4.68. The second-order valence-corrected chi connectivity index (χ2v) is 4.68. The molecule has 7 nitrogen and oxygen atoms in total. The van der Waals surface area contributed by atoms with E-state index in [1.54, 1.807) is 6.92 Å². The van der Waals surface area contributed by atoms with E-state index in [2.05, 4.69) is 10.4 Å². The number of carbonyl (C=O) groups is 1. The lowest BCUT2D eigenvalue weighted by molar-refractivity contribution is -0.121. The van der Waals surface area contributed by atoms with Crippen LogP contribution in [-0.4, -0.2) is 34.9 Å². The molecule has 1 heterocycles. The minimum Gasteiger partial charge on any atom is -0.490 e. The molecule has 0 bridgehead atoms. The summed E-state index contributed by atoms with van der Waals surface area (Å²) in [6.07, 6.45) is 3.32. The monoisotopic (exact) mass is 282 g/mol. The Balaban J connectivity index is 2.55. The first-order valence-electron chi connectivity index (χ1n) is 6.75. The zero-order chi connectivity index (χ0) is 15.0. The molecule has 0 radical (unpaired) electrons. The molecule has 1 aromatic heterocycles. The largest absolute Gasteiger partial charge is 0.490 e. The minimum absolute atomic E-state index is 0.0872. The first-order valence-corrected chi connectivity index (χ1v) is 6.75. The van der Waals surface area contributed by atoms with Crippen LogP contribution in [0.2, 0.25) is 0 Å². The van der Waals surface area contributed by atoms with E-state index in [1.807, 2.05) is 6.92 Å². The molecule has 20 heavy (non-hydrogen) atoms. The summed E-state index contributed by atoms with van der Waals surface area (Å²) in [5, 5.41) is 6.63. The van der Waals surface area contributed by atoms with Crippen LogP contribution >= 0.6 is 0 Å². The highest BCUT2D eigenvalue weighted by atomic mass is 16.5. The van der Waals surface area contributed by atoms with Gasteiger partial charge in [0.2, 0.25) is 5.91 Å². The fourth-order valence-corrected chi connectivity index (χ4v) is 1.44. The van der Waals surface area contributed by atoms with Crippen molar-refractivity contribution in [3.05, 3.63) is 22.6 Å².